The molecule has 0 amide bonds. The Balaban J connectivity index is 2.97. The van der Waals surface area contributed by atoms with Crippen molar-refractivity contribution in [2.24, 2.45) is 0 Å². The summed E-state index contributed by atoms with van der Waals surface area (Å²) < 4.78 is 0.966. The van der Waals surface area contributed by atoms with E-state index in [9.17, 15) is 0 Å². The van der Waals surface area contributed by atoms with Crippen LogP contribution in [0.1, 0.15) is 16.7 Å². The van der Waals surface area contributed by atoms with Gasteiger partial charge in [0.1, 0.15) is 6.54 Å². The van der Waals surface area contributed by atoms with Crippen LogP contribution in [-0.4, -0.2) is 25.6 Å². The fraction of sp³-hybridized carbons (Fsp3) is 0.500. The lowest BCUT2D eigenvalue weighted by atomic mass is 10.1. The summed E-state index contributed by atoms with van der Waals surface area (Å²) in [6, 6.07) is 6.80. The molecule has 0 atom stereocenters. The number of benzene rings is 1. The van der Waals surface area contributed by atoms with Crippen LogP contribution < -0.4 is 0 Å². The van der Waals surface area contributed by atoms with Gasteiger partial charge in [-0.3, -0.25) is 0 Å². The van der Waals surface area contributed by atoms with Gasteiger partial charge in [0.05, 0.1) is 21.1 Å². The average Bonchev–Trinajstić information content (AvgIpc) is 2.14. The first-order valence-electron chi connectivity index (χ1n) is 4.99. The molecule has 0 fully saturated rings. The van der Waals surface area contributed by atoms with E-state index in [2.05, 4.69) is 71.2 Å². The highest BCUT2D eigenvalue weighted by molar-refractivity contribution is 9.08. The van der Waals surface area contributed by atoms with Crippen molar-refractivity contribution in [2.45, 2.75) is 17.2 Å². The Kier molecular flexibility index (Phi) is 4.81. The smallest absolute Gasteiger partial charge is 0.104 e. The molecule has 0 aliphatic carbocycles. The van der Waals surface area contributed by atoms with Crippen LogP contribution in [0, 0.1) is 0 Å². The molecule has 0 heterocycles. The molecule has 0 aromatic heterocycles. The van der Waals surface area contributed by atoms with E-state index in [0.717, 1.165) is 21.7 Å². The minimum Gasteiger partial charge on any atom is -0.327 e. The molecule has 15 heavy (non-hydrogen) atoms. The Hall–Kier alpha value is 0.140. The minimum atomic E-state index is 0.929. The SMILES string of the molecule is C[N+](C)(C)Cc1cc(CBr)cc(CBr)c1. The number of hydrogen-bond acceptors (Lipinski definition) is 0. The van der Waals surface area contributed by atoms with E-state index in [1.54, 1.807) is 0 Å². The van der Waals surface area contributed by atoms with Crippen LogP contribution >= 0.6 is 31.9 Å². The molecular weight excluding hydrogens is 318 g/mol. The van der Waals surface area contributed by atoms with Gasteiger partial charge in [0.15, 0.2) is 0 Å². The number of halogens is 2. The molecule has 0 radical (unpaired) electrons. The van der Waals surface area contributed by atoms with E-state index in [1.165, 1.54) is 16.7 Å². The van der Waals surface area contributed by atoms with Gasteiger partial charge >= 0.3 is 0 Å². The largest absolute Gasteiger partial charge is 0.327 e. The average molecular weight is 336 g/mol. The van der Waals surface area contributed by atoms with Gasteiger partial charge in [-0.2, -0.15) is 0 Å². The number of rotatable bonds is 4. The summed E-state index contributed by atoms with van der Waals surface area (Å²) in [5.74, 6) is 0. The minimum absolute atomic E-state index is 0.929. The highest BCUT2D eigenvalue weighted by atomic mass is 79.9. The van der Waals surface area contributed by atoms with Gasteiger partial charge < -0.3 is 4.48 Å². The second-order valence-electron chi connectivity index (χ2n) is 4.87. The molecule has 1 aromatic carbocycles. The van der Waals surface area contributed by atoms with Gasteiger partial charge in [-0.15, -0.1) is 0 Å². The summed E-state index contributed by atoms with van der Waals surface area (Å²) in [6.07, 6.45) is 0. The lowest BCUT2D eigenvalue weighted by Gasteiger charge is -2.24. The van der Waals surface area contributed by atoms with E-state index < -0.39 is 0 Å². The Labute approximate surface area is 109 Å². The third-order valence-corrected chi connectivity index (χ3v) is 3.37. The normalized spacial score (nSPS) is 11.8. The molecule has 0 saturated heterocycles. The van der Waals surface area contributed by atoms with Crippen LogP contribution in [0.5, 0.6) is 0 Å². The Morgan fingerprint density at radius 1 is 0.867 bits per heavy atom. The van der Waals surface area contributed by atoms with Gasteiger partial charge in [0.2, 0.25) is 0 Å². The maximum Gasteiger partial charge on any atom is 0.104 e. The topological polar surface area (TPSA) is 0 Å². The molecule has 84 valence electrons. The molecule has 0 bridgehead atoms. The van der Waals surface area contributed by atoms with Gasteiger partial charge in [-0.25, -0.2) is 0 Å². The van der Waals surface area contributed by atoms with E-state index in [4.69, 9.17) is 0 Å². The first-order valence-corrected chi connectivity index (χ1v) is 7.23. The van der Waals surface area contributed by atoms with Crippen molar-refractivity contribution in [2.75, 3.05) is 21.1 Å². The van der Waals surface area contributed by atoms with Crippen molar-refractivity contribution < 1.29 is 4.48 Å². The van der Waals surface area contributed by atoms with Crippen molar-refractivity contribution in [3.63, 3.8) is 0 Å². The van der Waals surface area contributed by atoms with Crippen molar-refractivity contribution in [1.29, 1.82) is 0 Å². The second-order valence-corrected chi connectivity index (χ2v) is 5.99. The predicted molar refractivity (Wildman–Crippen MR) is 73.4 cm³/mol. The molecule has 0 aliphatic heterocycles. The summed E-state index contributed by atoms with van der Waals surface area (Å²) in [5, 5.41) is 1.86. The fourth-order valence-corrected chi connectivity index (χ4v) is 2.28. The Morgan fingerprint density at radius 3 is 1.60 bits per heavy atom. The van der Waals surface area contributed by atoms with Crippen molar-refractivity contribution >= 4 is 31.9 Å². The Bertz CT molecular complexity index is 307. The van der Waals surface area contributed by atoms with Crippen LogP contribution in [0.15, 0.2) is 18.2 Å². The quantitative estimate of drug-likeness (QED) is 0.581. The highest BCUT2D eigenvalue weighted by Gasteiger charge is 2.09. The number of nitrogens with zero attached hydrogens (tertiary/aromatic N) is 1. The van der Waals surface area contributed by atoms with E-state index in [1.807, 2.05) is 0 Å². The standard InChI is InChI=1S/C12H18Br2N/c1-15(2,3)9-12-5-10(7-13)4-11(6-12)8-14/h4-6H,7-9H2,1-3H3/q+1. The molecule has 0 unspecified atom stereocenters. The molecule has 0 saturated carbocycles. The van der Waals surface area contributed by atoms with Gasteiger partial charge in [0.25, 0.3) is 0 Å². The molecule has 3 heteroatoms. The molecule has 1 rings (SSSR count). The lowest BCUT2D eigenvalue weighted by molar-refractivity contribution is -0.884. The summed E-state index contributed by atoms with van der Waals surface area (Å²) in [6.45, 7) is 1.07. The zero-order valence-corrected chi connectivity index (χ0v) is 12.7. The summed E-state index contributed by atoms with van der Waals surface area (Å²) in [5.41, 5.74) is 4.12. The van der Waals surface area contributed by atoms with Gasteiger partial charge in [-0.1, -0.05) is 37.9 Å². The predicted octanol–water partition coefficient (Wildman–Crippen LogP) is 3.68. The van der Waals surface area contributed by atoms with Crippen LogP contribution in [-0.2, 0) is 17.2 Å². The summed E-state index contributed by atoms with van der Waals surface area (Å²) in [4.78, 5) is 0. The monoisotopic (exact) mass is 334 g/mol. The number of quaternary nitrogens is 1. The van der Waals surface area contributed by atoms with Crippen LogP contribution in [0.4, 0.5) is 0 Å². The molecule has 1 nitrogen and oxygen atoms in total. The maximum atomic E-state index is 3.51. The van der Waals surface area contributed by atoms with E-state index in [0.29, 0.717) is 0 Å². The van der Waals surface area contributed by atoms with Crippen LogP contribution in [0.2, 0.25) is 0 Å². The van der Waals surface area contributed by atoms with Gasteiger partial charge in [-0.05, 0) is 23.3 Å². The maximum absolute atomic E-state index is 3.51. The first-order chi connectivity index (χ1) is 6.94. The van der Waals surface area contributed by atoms with Crippen molar-refractivity contribution in [3.05, 3.63) is 34.9 Å². The number of hydrogen-bond donors (Lipinski definition) is 0. The van der Waals surface area contributed by atoms with Gasteiger partial charge in [0, 0.05) is 16.2 Å². The highest BCUT2D eigenvalue weighted by Crippen LogP contribution is 2.17. The fourth-order valence-electron chi connectivity index (χ4n) is 1.63. The molecule has 0 aliphatic rings. The van der Waals surface area contributed by atoms with Crippen molar-refractivity contribution in [1.82, 2.24) is 0 Å². The molecular formula is C12H18Br2N+. The zero-order valence-electron chi connectivity index (χ0n) is 9.56. The van der Waals surface area contributed by atoms with Crippen molar-refractivity contribution in [3.8, 4) is 0 Å². The second kappa shape index (κ2) is 5.46. The molecule has 1 aromatic rings. The van der Waals surface area contributed by atoms with E-state index >= 15 is 0 Å². The zero-order chi connectivity index (χ0) is 11.5. The van der Waals surface area contributed by atoms with Crippen LogP contribution in [0.3, 0.4) is 0 Å². The van der Waals surface area contributed by atoms with Crippen LogP contribution in [0.25, 0.3) is 0 Å². The van der Waals surface area contributed by atoms with E-state index in [-0.39, 0.29) is 0 Å². The molecule has 0 N–H and O–H groups in total. The lowest BCUT2D eigenvalue weighted by Crippen LogP contribution is -2.33. The summed E-state index contributed by atoms with van der Waals surface area (Å²) in [7, 11) is 6.65. The summed E-state index contributed by atoms with van der Waals surface area (Å²) >= 11 is 7.03. The molecule has 0 spiro atoms. The Morgan fingerprint density at radius 2 is 1.27 bits per heavy atom. The number of alkyl halides is 2. The first kappa shape index (κ1) is 13.2. The third kappa shape index (κ3) is 4.66. The third-order valence-electron chi connectivity index (χ3n) is 2.08.